The molecule has 1 aliphatic rings. The molecule has 3 heterocycles. The number of benzene rings is 1. The van der Waals surface area contributed by atoms with Crippen molar-refractivity contribution >= 4 is 34.3 Å². The number of carbonyl (C=O) groups excluding carboxylic acids is 1. The average Bonchev–Trinajstić information content (AvgIpc) is 3.21. The molecule has 164 valence electrons. The number of halogens is 1. The zero-order chi connectivity index (χ0) is 21.6. The minimum Gasteiger partial charge on any atom is -0.492 e. The van der Waals surface area contributed by atoms with Crippen molar-refractivity contribution < 1.29 is 19.0 Å². The van der Waals surface area contributed by atoms with Gasteiger partial charge in [0.2, 0.25) is 0 Å². The molecule has 9 heteroatoms. The third-order valence-electron chi connectivity index (χ3n) is 5.01. The third-order valence-corrected chi connectivity index (χ3v) is 5.27. The summed E-state index contributed by atoms with van der Waals surface area (Å²) in [6, 6.07) is 9.54. The first-order chi connectivity index (χ1) is 15.2. The Morgan fingerprint density at radius 3 is 2.74 bits per heavy atom. The van der Waals surface area contributed by atoms with E-state index >= 15 is 0 Å². The summed E-state index contributed by atoms with van der Waals surface area (Å²) in [5.41, 5.74) is 1.88. The second-order valence-electron chi connectivity index (χ2n) is 7.13. The zero-order valence-electron chi connectivity index (χ0n) is 17.4. The van der Waals surface area contributed by atoms with Gasteiger partial charge in [-0.2, -0.15) is 5.10 Å². The predicted octanol–water partition coefficient (Wildman–Crippen LogP) is 3.13. The molecule has 0 spiro atoms. The highest BCUT2D eigenvalue weighted by Crippen LogP contribution is 2.31. The van der Waals surface area contributed by atoms with Crippen LogP contribution in [0.2, 0.25) is 0 Å². The van der Waals surface area contributed by atoms with Gasteiger partial charge in [0, 0.05) is 19.3 Å². The van der Waals surface area contributed by atoms with Gasteiger partial charge in [-0.15, -0.1) is 11.6 Å². The van der Waals surface area contributed by atoms with Crippen molar-refractivity contribution in [1.29, 1.82) is 0 Å². The van der Waals surface area contributed by atoms with Crippen molar-refractivity contribution in [2.45, 2.75) is 18.8 Å². The van der Waals surface area contributed by atoms with Crippen LogP contribution in [0.25, 0.3) is 11.0 Å². The van der Waals surface area contributed by atoms with Gasteiger partial charge in [0.1, 0.15) is 17.9 Å². The normalized spacial score (nSPS) is 15.1. The van der Waals surface area contributed by atoms with Gasteiger partial charge in [0.05, 0.1) is 49.0 Å². The fourth-order valence-corrected chi connectivity index (χ4v) is 3.77. The number of carbonyl (C=O) groups is 1. The molecule has 1 aliphatic heterocycles. The number of para-hydroxylation sites is 1. The number of ether oxygens (including phenoxy) is 3. The molecule has 0 amide bonds. The van der Waals surface area contributed by atoms with Crippen LogP contribution in [0.3, 0.4) is 0 Å². The van der Waals surface area contributed by atoms with E-state index in [0.717, 1.165) is 16.8 Å². The molecule has 0 aliphatic carbocycles. The molecule has 0 radical (unpaired) electrons. The first-order valence-corrected chi connectivity index (χ1v) is 10.8. The number of alkyl halides is 1. The van der Waals surface area contributed by atoms with Gasteiger partial charge >= 0.3 is 5.97 Å². The number of morpholine rings is 1. The lowest BCUT2D eigenvalue weighted by Gasteiger charge is -2.30. The van der Waals surface area contributed by atoms with Gasteiger partial charge in [-0.25, -0.2) is 14.5 Å². The summed E-state index contributed by atoms with van der Waals surface area (Å²) in [4.78, 5) is 19.2. The highest BCUT2D eigenvalue weighted by atomic mass is 35.5. The molecule has 1 saturated heterocycles. The number of aromatic nitrogens is 3. The van der Waals surface area contributed by atoms with Crippen LogP contribution < -0.4 is 9.64 Å². The minimum atomic E-state index is -0.391. The van der Waals surface area contributed by atoms with E-state index < -0.39 is 5.97 Å². The number of fused-ring (bicyclic) bond motifs is 1. The summed E-state index contributed by atoms with van der Waals surface area (Å²) in [6.45, 7) is 5.40. The molecule has 1 atom stereocenters. The summed E-state index contributed by atoms with van der Waals surface area (Å²) in [5, 5.41) is 4.98. The van der Waals surface area contributed by atoms with Gasteiger partial charge in [-0.1, -0.05) is 18.2 Å². The van der Waals surface area contributed by atoms with E-state index in [2.05, 4.69) is 15.0 Å². The fourth-order valence-electron chi connectivity index (χ4n) is 3.58. The Bertz CT molecular complexity index is 1020. The van der Waals surface area contributed by atoms with Crippen molar-refractivity contribution in [3.8, 4) is 5.75 Å². The largest absolute Gasteiger partial charge is 0.492 e. The van der Waals surface area contributed by atoms with Crippen molar-refractivity contribution in [2.75, 3.05) is 44.4 Å². The summed E-state index contributed by atoms with van der Waals surface area (Å²) in [6.07, 6.45) is 3.30. The monoisotopic (exact) mass is 444 g/mol. The van der Waals surface area contributed by atoms with Crippen LogP contribution in [0.1, 0.15) is 17.3 Å². The summed E-state index contributed by atoms with van der Waals surface area (Å²) in [5.74, 6) is 0.378. The Morgan fingerprint density at radius 1 is 1.23 bits per heavy atom. The van der Waals surface area contributed by atoms with E-state index in [-0.39, 0.29) is 5.38 Å². The Hall–Kier alpha value is -2.84. The summed E-state index contributed by atoms with van der Waals surface area (Å²) < 4.78 is 18.2. The maximum atomic E-state index is 12.6. The van der Waals surface area contributed by atoms with Crippen molar-refractivity contribution in [3.05, 3.63) is 48.3 Å². The number of anilines is 1. The lowest BCUT2D eigenvalue weighted by atomic mass is 10.1. The highest BCUT2D eigenvalue weighted by molar-refractivity contribution is 6.20. The van der Waals surface area contributed by atoms with Crippen LogP contribution in [0.4, 0.5) is 5.69 Å². The Morgan fingerprint density at radius 2 is 2.00 bits per heavy atom. The lowest BCUT2D eigenvalue weighted by molar-refractivity contribution is 0.0526. The summed E-state index contributed by atoms with van der Waals surface area (Å²) in [7, 11) is 0. The van der Waals surface area contributed by atoms with E-state index in [1.165, 1.54) is 0 Å². The maximum Gasteiger partial charge on any atom is 0.341 e. The second kappa shape index (κ2) is 9.98. The van der Waals surface area contributed by atoms with Crippen LogP contribution >= 0.6 is 11.6 Å². The van der Waals surface area contributed by atoms with Gasteiger partial charge in [0.15, 0.2) is 5.65 Å². The first kappa shape index (κ1) is 21.4. The molecule has 0 saturated carbocycles. The second-order valence-corrected chi connectivity index (χ2v) is 7.74. The number of hydrogen-bond acceptors (Lipinski definition) is 7. The van der Waals surface area contributed by atoms with E-state index in [1.54, 1.807) is 24.0 Å². The molecule has 3 aromatic rings. The standard InChI is InChI=1S/C22H25ClN4O4/c1-2-30-22(28)19-12-24-21-18(20(19)26-8-10-29-11-9-26)13-25-27(21)14-16(23)15-31-17-6-4-3-5-7-17/h3-7,12-13,16H,2,8-11,14-15H2,1H3. The third kappa shape index (κ3) is 4.91. The van der Waals surface area contributed by atoms with Crippen LogP contribution in [0.5, 0.6) is 5.75 Å². The smallest absolute Gasteiger partial charge is 0.341 e. The molecule has 2 aromatic heterocycles. The SMILES string of the molecule is CCOC(=O)c1cnc2c(cnn2CC(Cl)COc2ccccc2)c1N1CCOCC1. The van der Waals surface area contributed by atoms with Gasteiger partial charge < -0.3 is 19.1 Å². The van der Waals surface area contributed by atoms with Crippen LogP contribution in [0, 0.1) is 0 Å². The minimum absolute atomic E-state index is 0.300. The molecule has 0 bridgehead atoms. The van der Waals surface area contributed by atoms with Crippen molar-refractivity contribution in [3.63, 3.8) is 0 Å². The maximum absolute atomic E-state index is 12.6. The molecule has 31 heavy (non-hydrogen) atoms. The van der Waals surface area contributed by atoms with E-state index in [9.17, 15) is 4.79 Å². The number of hydrogen-bond donors (Lipinski definition) is 0. The Kier molecular flexibility index (Phi) is 6.89. The zero-order valence-corrected chi connectivity index (χ0v) is 18.1. The molecule has 1 unspecified atom stereocenters. The first-order valence-electron chi connectivity index (χ1n) is 10.3. The Labute approximate surface area is 185 Å². The quantitative estimate of drug-likeness (QED) is 0.390. The van der Waals surface area contributed by atoms with E-state index in [1.807, 2.05) is 30.3 Å². The fraction of sp³-hybridized carbons (Fsp3) is 0.409. The number of rotatable bonds is 8. The molecule has 1 aromatic carbocycles. The number of nitrogens with zero attached hydrogens (tertiary/aromatic N) is 4. The molecular formula is C22H25ClN4O4. The molecule has 0 N–H and O–H groups in total. The van der Waals surface area contributed by atoms with E-state index in [0.29, 0.717) is 57.3 Å². The average molecular weight is 445 g/mol. The van der Waals surface area contributed by atoms with Crippen molar-refractivity contribution in [1.82, 2.24) is 14.8 Å². The molecule has 1 fully saturated rings. The Balaban J connectivity index is 1.58. The lowest BCUT2D eigenvalue weighted by Crippen LogP contribution is -2.37. The van der Waals surface area contributed by atoms with Gasteiger partial charge in [0.25, 0.3) is 0 Å². The van der Waals surface area contributed by atoms with Crippen LogP contribution in [-0.4, -0.2) is 65.6 Å². The number of esters is 1. The number of pyridine rings is 1. The highest BCUT2D eigenvalue weighted by Gasteiger charge is 2.25. The van der Waals surface area contributed by atoms with Crippen LogP contribution in [0.15, 0.2) is 42.7 Å². The van der Waals surface area contributed by atoms with Gasteiger partial charge in [-0.3, -0.25) is 0 Å². The molecular weight excluding hydrogens is 420 g/mol. The topological polar surface area (TPSA) is 78.7 Å². The van der Waals surface area contributed by atoms with Crippen molar-refractivity contribution in [2.24, 2.45) is 0 Å². The van der Waals surface area contributed by atoms with E-state index in [4.69, 9.17) is 25.8 Å². The molecule has 8 nitrogen and oxygen atoms in total. The van der Waals surface area contributed by atoms with Gasteiger partial charge in [-0.05, 0) is 19.1 Å². The summed E-state index contributed by atoms with van der Waals surface area (Å²) >= 11 is 6.52. The predicted molar refractivity (Wildman–Crippen MR) is 118 cm³/mol. The van der Waals surface area contributed by atoms with Crippen LogP contribution in [-0.2, 0) is 16.0 Å². The molecule has 4 rings (SSSR count).